The maximum absolute atomic E-state index is 13.0. The summed E-state index contributed by atoms with van der Waals surface area (Å²) in [7, 11) is 0. The van der Waals surface area contributed by atoms with Gasteiger partial charge >= 0.3 is 0 Å². The Kier molecular flexibility index (Phi) is 5.27. The van der Waals surface area contributed by atoms with Crippen LogP contribution in [-0.4, -0.2) is 22.4 Å². The molecule has 0 unspecified atom stereocenters. The van der Waals surface area contributed by atoms with Gasteiger partial charge in [0, 0.05) is 24.0 Å². The van der Waals surface area contributed by atoms with Gasteiger partial charge in [0.2, 0.25) is 0 Å². The molecule has 132 valence electrons. The van der Waals surface area contributed by atoms with Crippen LogP contribution in [0.2, 0.25) is 0 Å². The molecule has 0 radical (unpaired) electrons. The van der Waals surface area contributed by atoms with Gasteiger partial charge in [-0.05, 0) is 56.2 Å². The lowest BCUT2D eigenvalue weighted by molar-refractivity contribution is 0.0983. The highest BCUT2D eigenvalue weighted by molar-refractivity contribution is 6.05. The van der Waals surface area contributed by atoms with Crippen molar-refractivity contribution in [3.05, 3.63) is 77.7 Å². The third kappa shape index (κ3) is 4.06. The molecule has 0 atom stereocenters. The van der Waals surface area contributed by atoms with Gasteiger partial charge in [-0.25, -0.2) is 9.97 Å². The third-order valence-electron chi connectivity index (χ3n) is 4.05. The third-order valence-corrected chi connectivity index (χ3v) is 4.05. The number of benzene rings is 2. The van der Waals surface area contributed by atoms with Crippen LogP contribution in [0.1, 0.15) is 28.5 Å². The molecule has 1 N–H and O–H groups in total. The Bertz CT molecular complexity index is 923. The zero-order valence-corrected chi connectivity index (χ0v) is 15.2. The molecule has 3 rings (SSSR count). The maximum atomic E-state index is 13.0. The summed E-state index contributed by atoms with van der Waals surface area (Å²) >= 11 is 0. The molecular formula is C21H22N4O. The van der Waals surface area contributed by atoms with Crippen molar-refractivity contribution in [2.24, 2.45) is 0 Å². The summed E-state index contributed by atoms with van der Waals surface area (Å²) in [6.07, 6.45) is 1.41. The average molecular weight is 346 g/mol. The fourth-order valence-corrected chi connectivity index (χ4v) is 2.79. The topological polar surface area (TPSA) is 58.1 Å². The van der Waals surface area contributed by atoms with Crippen LogP contribution in [0.15, 0.2) is 60.9 Å². The maximum Gasteiger partial charge on any atom is 0.277 e. The second kappa shape index (κ2) is 7.78. The first-order valence-corrected chi connectivity index (χ1v) is 8.61. The van der Waals surface area contributed by atoms with Gasteiger partial charge in [0.25, 0.3) is 5.91 Å². The lowest BCUT2D eigenvalue weighted by Gasteiger charge is -2.21. The van der Waals surface area contributed by atoms with Crippen molar-refractivity contribution in [1.82, 2.24) is 9.97 Å². The number of hydrogen-bond acceptors (Lipinski definition) is 4. The summed E-state index contributed by atoms with van der Waals surface area (Å²) in [5, 5.41) is 3.22. The first kappa shape index (κ1) is 17.6. The smallest absolute Gasteiger partial charge is 0.277 e. The van der Waals surface area contributed by atoms with Crippen molar-refractivity contribution < 1.29 is 4.79 Å². The number of rotatable bonds is 5. The fraction of sp³-hybridized carbons (Fsp3) is 0.190. The molecule has 0 bridgehead atoms. The van der Waals surface area contributed by atoms with Gasteiger partial charge in [-0.2, -0.15) is 0 Å². The van der Waals surface area contributed by atoms with E-state index in [-0.39, 0.29) is 5.91 Å². The van der Waals surface area contributed by atoms with Crippen molar-refractivity contribution in [2.45, 2.75) is 20.8 Å². The zero-order chi connectivity index (χ0) is 18.5. The summed E-state index contributed by atoms with van der Waals surface area (Å²) in [6, 6.07) is 17.6. The summed E-state index contributed by atoms with van der Waals surface area (Å²) < 4.78 is 0. The van der Waals surface area contributed by atoms with E-state index in [1.54, 1.807) is 11.0 Å². The predicted octanol–water partition coefficient (Wildman–Crippen LogP) is 4.50. The predicted molar refractivity (Wildman–Crippen MR) is 105 cm³/mol. The van der Waals surface area contributed by atoms with Gasteiger partial charge in [-0.3, -0.25) is 4.79 Å². The molecule has 0 spiro atoms. The number of carbonyl (C=O) groups excluding carboxylic acids is 1. The minimum atomic E-state index is -0.146. The van der Waals surface area contributed by atoms with E-state index in [2.05, 4.69) is 15.3 Å². The number of anilines is 3. The number of nitrogens with one attached hydrogen (secondary N) is 1. The monoisotopic (exact) mass is 346 g/mol. The Morgan fingerprint density at radius 2 is 1.73 bits per heavy atom. The summed E-state index contributed by atoms with van der Waals surface area (Å²) in [6.45, 7) is 6.55. The molecule has 0 aliphatic rings. The largest absolute Gasteiger partial charge is 0.340 e. The molecule has 0 aliphatic heterocycles. The number of aromatic nitrogens is 2. The summed E-state index contributed by atoms with van der Waals surface area (Å²) in [4.78, 5) is 23.1. The van der Waals surface area contributed by atoms with Crippen LogP contribution < -0.4 is 10.2 Å². The van der Waals surface area contributed by atoms with Crippen molar-refractivity contribution in [3.63, 3.8) is 0 Å². The highest BCUT2D eigenvalue weighted by Gasteiger charge is 2.18. The fourth-order valence-electron chi connectivity index (χ4n) is 2.79. The van der Waals surface area contributed by atoms with E-state index in [0.29, 0.717) is 18.1 Å². The minimum Gasteiger partial charge on any atom is -0.340 e. The summed E-state index contributed by atoms with van der Waals surface area (Å²) in [5.41, 5.74) is 4.41. The molecule has 1 aromatic heterocycles. The summed E-state index contributed by atoms with van der Waals surface area (Å²) in [5.74, 6) is 0.446. The van der Waals surface area contributed by atoms with E-state index >= 15 is 0 Å². The van der Waals surface area contributed by atoms with Gasteiger partial charge in [-0.15, -0.1) is 0 Å². The van der Waals surface area contributed by atoms with Crippen LogP contribution in [0, 0.1) is 13.8 Å². The van der Waals surface area contributed by atoms with E-state index in [9.17, 15) is 4.79 Å². The Hall–Kier alpha value is -3.21. The number of carbonyl (C=O) groups is 1. The second-order valence-corrected chi connectivity index (χ2v) is 6.17. The molecule has 2 aromatic carbocycles. The van der Waals surface area contributed by atoms with Gasteiger partial charge in [0.05, 0.1) is 0 Å². The average Bonchev–Trinajstić information content (AvgIpc) is 2.62. The molecule has 5 nitrogen and oxygen atoms in total. The zero-order valence-electron chi connectivity index (χ0n) is 15.2. The molecule has 1 amide bonds. The van der Waals surface area contributed by atoms with Gasteiger partial charge < -0.3 is 10.2 Å². The SMILES string of the molecule is CCN(C(=O)c1cc(Nc2cccc(C)c2)ncn1)c1cccc(C)c1. The van der Waals surface area contributed by atoms with Crippen LogP contribution >= 0.6 is 0 Å². The molecule has 1 heterocycles. The first-order valence-electron chi connectivity index (χ1n) is 8.61. The van der Waals surface area contributed by atoms with Gasteiger partial charge in [0.15, 0.2) is 0 Å². The van der Waals surface area contributed by atoms with Crippen molar-refractivity contribution in [3.8, 4) is 0 Å². The highest BCUT2D eigenvalue weighted by atomic mass is 16.2. The number of hydrogen-bond donors (Lipinski definition) is 1. The van der Waals surface area contributed by atoms with Crippen LogP contribution in [-0.2, 0) is 0 Å². The molecule has 0 aliphatic carbocycles. The van der Waals surface area contributed by atoms with Gasteiger partial charge in [0.1, 0.15) is 17.8 Å². The van der Waals surface area contributed by atoms with Crippen LogP contribution in [0.25, 0.3) is 0 Å². The Balaban J connectivity index is 1.85. The molecule has 3 aromatic rings. The second-order valence-electron chi connectivity index (χ2n) is 6.17. The number of nitrogens with zero attached hydrogens (tertiary/aromatic N) is 3. The highest BCUT2D eigenvalue weighted by Crippen LogP contribution is 2.20. The molecule has 0 saturated carbocycles. The molecule has 5 heteroatoms. The standard InChI is InChI=1S/C21H22N4O/c1-4-25(18-10-6-8-16(3)12-18)21(26)19-13-20(23-14-22-19)24-17-9-5-7-15(2)11-17/h5-14H,4H2,1-3H3,(H,22,23,24). The molecule has 0 saturated heterocycles. The van der Waals surface area contributed by atoms with Crippen molar-refractivity contribution in [1.29, 1.82) is 0 Å². The van der Waals surface area contributed by atoms with Gasteiger partial charge in [-0.1, -0.05) is 24.3 Å². The van der Waals surface area contributed by atoms with Crippen molar-refractivity contribution >= 4 is 23.1 Å². The van der Waals surface area contributed by atoms with Crippen LogP contribution in [0.5, 0.6) is 0 Å². The quantitative estimate of drug-likeness (QED) is 0.739. The molecule has 0 fully saturated rings. The Labute approximate surface area is 153 Å². The lowest BCUT2D eigenvalue weighted by Crippen LogP contribution is -2.31. The minimum absolute atomic E-state index is 0.146. The first-order chi connectivity index (χ1) is 12.6. The number of aryl methyl sites for hydroxylation is 2. The van der Waals surface area contributed by atoms with E-state index in [1.165, 1.54) is 6.33 Å². The van der Waals surface area contributed by atoms with Crippen molar-refractivity contribution in [2.75, 3.05) is 16.8 Å². The van der Waals surface area contributed by atoms with E-state index in [1.807, 2.05) is 69.3 Å². The Morgan fingerprint density at radius 3 is 2.42 bits per heavy atom. The molecule has 26 heavy (non-hydrogen) atoms. The Morgan fingerprint density at radius 1 is 1.00 bits per heavy atom. The van der Waals surface area contributed by atoms with E-state index in [0.717, 1.165) is 22.5 Å². The van der Waals surface area contributed by atoms with Crippen LogP contribution in [0.3, 0.4) is 0 Å². The van der Waals surface area contributed by atoms with E-state index in [4.69, 9.17) is 0 Å². The normalized spacial score (nSPS) is 10.4. The lowest BCUT2D eigenvalue weighted by atomic mass is 10.2. The number of amides is 1. The van der Waals surface area contributed by atoms with E-state index < -0.39 is 0 Å². The van der Waals surface area contributed by atoms with Crippen LogP contribution in [0.4, 0.5) is 17.2 Å². The molecular weight excluding hydrogens is 324 g/mol.